The molecule has 0 aliphatic carbocycles. The van der Waals surface area contributed by atoms with E-state index < -0.39 is 0 Å². The molecule has 0 bridgehead atoms. The van der Waals surface area contributed by atoms with Gasteiger partial charge in [0.05, 0.1) is 13.2 Å². The van der Waals surface area contributed by atoms with Gasteiger partial charge in [-0.25, -0.2) is 0 Å². The van der Waals surface area contributed by atoms with Gasteiger partial charge in [0, 0.05) is 39.3 Å². The molecule has 2 rings (SSSR count). The number of benzene rings is 2. The molecule has 0 N–H and O–H groups in total. The second kappa shape index (κ2) is 8.44. The summed E-state index contributed by atoms with van der Waals surface area (Å²) < 4.78 is 5.71. The average Bonchev–Trinajstić information content (AvgIpc) is 2.61. The second-order valence-corrected chi connectivity index (χ2v) is 6.29. The third-order valence-electron chi connectivity index (χ3n) is 3.75. The summed E-state index contributed by atoms with van der Waals surface area (Å²) >= 11 is 0. The van der Waals surface area contributed by atoms with Crippen molar-refractivity contribution in [2.45, 2.75) is 13.2 Å². The molecule has 0 saturated heterocycles. The Morgan fingerprint density at radius 3 is 1.28 bits per heavy atom. The van der Waals surface area contributed by atoms with E-state index in [4.69, 9.17) is 4.74 Å². The monoisotopic (exact) mass is 340 g/mol. The van der Waals surface area contributed by atoms with Gasteiger partial charge in [-0.1, -0.05) is 24.3 Å². The van der Waals surface area contributed by atoms with Crippen molar-refractivity contribution in [1.29, 1.82) is 0 Å². The molecular formula is C20H24N2O3. The zero-order valence-electron chi connectivity index (χ0n) is 15.2. The highest BCUT2D eigenvalue weighted by molar-refractivity contribution is 5.94. The summed E-state index contributed by atoms with van der Waals surface area (Å²) in [6.07, 6.45) is 0. The first-order valence-electron chi connectivity index (χ1n) is 8.07. The van der Waals surface area contributed by atoms with Crippen molar-refractivity contribution in [3.05, 3.63) is 70.8 Å². The van der Waals surface area contributed by atoms with Crippen molar-refractivity contribution >= 4 is 11.8 Å². The summed E-state index contributed by atoms with van der Waals surface area (Å²) in [6, 6.07) is 14.8. The van der Waals surface area contributed by atoms with E-state index in [0.717, 1.165) is 11.1 Å². The molecule has 0 saturated carbocycles. The molecule has 2 amide bonds. The van der Waals surface area contributed by atoms with E-state index in [1.54, 1.807) is 38.0 Å². The highest BCUT2D eigenvalue weighted by Gasteiger charge is 2.08. The molecule has 0 atom stereocenters. The summed E-state index contributed by atoms with van der Waals surface area (Å²) in [5.41, 5.74) is 3.34. The molecule has 2 aromatic rings. The smallest absolute Gasteiger partial charge is 0.253 e. The van der Waals surface area contributed by atoms with Crippen LogP contribution in [0.15, 0.2) is 48.5 Å². The maximum absolute atomic E-state index is 11.8. The molecule has 0 radical (unpaired) electrons. The second-order valence-electron chi connectivity index (χ2n) is 6.29. The summed E-state index contributed by atoms with van der Waals surface area (Å²) in [5.74, 6) is -0.0281. The first-order chi connectivity index (χ1) is 11.9. The lowest BCUT2D eigenvalue weighted by molar-refractivity contribution is 0.0820. The number of rotatable bonds is 6. The van der Waals surface area contributed by atoms with Crippen molar-refractivity contribution in [2.24, 2.45) is 0 Å². The Kier molecular flexibility index (Phi) is 6.31. The molecule has 0 aromatic heterocycles. The van der Waals surface area contributed by atoms with Crippen LogP contribution in [0.25, 0.3) is 0 Å². The van der Waals surface area contributed by atoms with E-state index in [1.807, 2.05) is 48.5 Å². The van der Waals surface area contributed by atoms with Crippen LogP contribution in [0.2, 0.25) is 0 Å². The van der Waals surface area contributed by atoms with Crippen LogP contribution >= 0.6 is 0 Å². The first-order valence-corrected chi connectivity index (χ1v) is 8.07. The fourth-order valence-corrected chi connectivity index (χ4v) is 2.29. The van der Waals surface area contributed by atoms with E-state index >= 15 is 0 Å². The van der Waals surface area contributed by atoms with Crippen molar-refractivity contribution in [3.63, 3.8) is 0 Å². The predicted octanol–water partition coefficient (Wildman–Crippen LogP) is 2.81. The van der Waals surface area contributed by atoms with Gasteiger partial charge in [-0.05, 0) is 35.4 Å². The van der Waals surface area contributed by atoms with E-state index in [1.165, 1.54) is 0 Å². The number of amides is 2. The highest BCUT2D eigenvalue weighted by atomic mass is 16.5. The van der Waals surface area contributed by atoms with Crippen LogP contribution in [-0.2, 0) is 18.0 Å². The van der Waals surface area contributed by atoms with E-state index in [2.05, 4.69) is 0 Å². The molecule has 132 valence electrons. The molecular weight excluding hydrogens is 316 g/mol. The Hall–Kier alpha value is -2.66. The van der Waals surface area contributed by atoms with Gasteiger partial charge in [-0.15, -0.1) is 0 Å². The van der Waals surface area contributed by atoms with Crippen molar-refractivity contribution in [3.8, 4) is 0 Å². The largest absolute Gasteiger partial charge is 0.372 e. The molecule has 0 aliphatic rings. The summed E-state index contributed by atoms with van der Waals surface area (Å²) in [5, 5.41) is 0. The summed E-state index contributed by atoms with van der Waals surface area (Å²) in [6.45, 7) is 0.934. The number of nitrogens with zero attached hydrogens (tertiary/aromatic N) is 2. The molecule has 5 nitrogen and oxygen atoms in total. The molecule has 0 aliphatic heterocycles. The maximum atomic E-state index is 11.8. The van der Waals surface area contributed by atoms with E-state index in [-0.39, 0.29) is 11.8 Å². The van der Waals surface area contributed by atoms with Crippen molar-refractivity contribution < 1.29 is 14.3 Å². The van der Waals surface area contributed by atoms with E-state index in [9.17, 15) is 9.59 Å². The van der Waals surface area contributed by atoms with Gasteiger partial charge in [0.25, 0.3) is 11.8 Å². The Bertz CT molecular complexity index is 656. The van der Waals surface area contributed by atoms with Gasteiger partial charge >= 0.3 is 0 Å². The third-order valence-corrected chi connectivity index (χ3v) is 3.75. The summed E-state index contributed by atoms with van der Waals surface area (Å²) in [7, 11) is 6.93. The Labute approximate surface area is 148 Å². The Morgan fingerprint density at radius 2 is 1.00 bits per heavy atom. The van der Waals surface area contributed by atoms with Gasteiger partial charge < -0.3 is 14.5 Å². The maximum Gasteiger partial charge on any atom is 0.253 e. The molecule has 5 heteroatoms. The molecule has 0 fully saturated rings. The van der Waals surface area contributed by atoms with Crippen LogP contribution < -0.4 is 0 Å². The Balaban J connectivity index is 1.86. The topological polar surface area (TPSA) is 49.9 Å². The van der Waals surface area contributed by atoms with Crippen LogP contribution in [0.5, 0.6) is 0 Å². The number of hydrogen-bond acceptors (Lipinski definition) is 3. The minimum atomic E-state index is -0.0140. The van der Waals surface area contributed by atoms with Gasteiger partial charge in [-0.2, -0.15) is 0 Å². The lowest BCUT2D eigenvalue weighted by atomic mass is 10.1. The predicted molar refractivity (Wildman–Crippen MR) is 97.4 cm³/mol. The minimum absolute atomic E-state index is 0.0140. The molecule has 0 unspecified atom stereocenters. The third kappa shape index (κ3) is 5.16. The highest BCUT2D eigenvalue weighted by Crippen LogP contribution is 2.11. The number of carbonyl (C=O) groups is 2. The van der Waals surface area contributed by atoms with Crippen LogP contribution in [0.4, 0.5) is 0 Å². The zero-order chi connectivity index (χ0) is 18.4. The molecule has 0 heterocycles. The lowest BCUT2D eigenvalue weighted by Crippen LogP contribution is -2.21. The fourth-order valence-electron chi connectivity index (χ4n) is 2.29. The SMILES string of the molecule is CN(C)C(=O)c1ccc(COCc2ccc(C(=O)N(C)C)cc2)cc1. The average molecular weight is 340 g/mol. The van der Waals surface area contributed by atoms with Gasteiger partial charge in [-0.3, -0.25) is 9.59 Å². The molecule has 0 spiro atoms. The normalized spacial score (nSPS) is 10.4. The van der Waals surface area contributed by atoms with Gasteiger partial charge in [0.1, 0.15) is 0 Å². The zero-order valence-corrected chi connectivity index (χ0v) is 15.2. The number of ether oxygens (including phenoxy) is 1. The van der Waals surface area contributed by atoms with Gasteiger partial charge in [0.2, 0.25) is 0 Å². The minimum Gasteiger partial charge on any atom is -0.372 e. The van der Waals surface area contributed by atoms with E-state index in [0.29, 0.717) is 24.3 Å². The lowest BCUT2D eigenvalue weighted by Gasteiger charge is -2.11. The van der Waals surface area contributed by atoms with Crippen LogP contribution in [0.3, 0.4) is 0 Å². The standard InChI is InChI=1S/C20H24N2O3/c1-21(2)19(23)17-9-5-15(6-10-17)13-25-14-16-7-11-18(12-8-16)20(24)22(3)4/h5-12H,13-14H2,1-4H3. The van der Waals surface area contributed by atoms with Crippen molar-refractivity contribution in [1.82, 2.24) is 9.80 Å². The Morgan fingerprint density at radius 1 is 0.680 bits per heavy atom. The van der Waals surface area contributed by atoms with Gasteiger partial charge in [0.15, 0.2) is 0 Å². The first kappa shape index (κ1) is 18.7. The quantitative estimate of drug-likeness (QED) is 0.812. The molecule has 2 aromatic carbocycles. The van der Waals surface area contributed by atoms with Crippen LogP contribution in [0.1, 0.15) is 31.8 Å². The fraction of sp³-hybridized carbons (Fsp3) is 0.300. The molecule has 25 heavy (non-hydrogen) atoms. The number of carbonyl (C=O) groups excluding carboxylic acids is 2. The number of hydrogen-bond donors (Lipinski definition) is 0. The van der Waals surface area contributed by atoms with Crippen molar-refractivity contribution in [2.75, 3.05) is 28.2 Å². The summed E-state index contributed by atoms with van der Waals surface area (Å²) in [4.78, 5) is 26.8. The van der Waals surface area contributed by atoms with Crippen LogP contribution in [-0.4, -0.2) is 49.8 Å². The van der Waals surface area contributed by atoms with Crippen LogP contribution in [0, 0.1) is 0 Å².